The summed E-state index contributed by atoms with van der Waals surface area (Å²) >= 11 is 0. The monoisotopic (exact) mass is 231 g/mol. The van der Waals surface area contributed by atoms with E-state index in [1.807, 2.05) is 13.8 Å². The van der Waals surface area contributed by atoms with Crippen LogP contribution in [0.4, 0.5) is 8.78 Å². The molecule has 0 aliphatic carbocycles. The molecule has 0 atom stereocenters. The summed E-state index contributed by atoms with van der Waals surface area (Å²) in [5.74, 6) is -2.57. The van der Waals surface area contributed by atoms with Crippen molar-refractivity contribution in [3.05, 3.63) is 18.2 Å². The van der Waals surface area contributed by atoms with E-state index in [1.54, 1.807) is 6.20 Å². The van der Waals surface area contributed by atoms with E-state index < -0.39 is 12.5 Å². The first-order valence-corrected chi connectivity index (χ1v) is 5.62. The van der Waals surface area contributed by atoms with Crippen molar-refractivity contribution in [1.82, 2.24) is 9.55 Å². The Hall–Kier alpha value is -0.970. The molecular weight excluding hydrogens is 212 g/mol. The minimum absolute atomic E-state index is 0.288. The van der Waals surface area contributed by atoms with E-state index in [4.69, 9.17) is 5.73 Å². The van der Waals surface area contributed by atoms with Crippen molar-refractivity contribution in [2.24, 2.45) is 5.73 Å². The molecule has 1 heterocycles. The minimum Gasteiger partial charge on any atom is -0.328 e. The summed E-state index contributed by atoms with van der Waals surface area (Å²) in [5, 5.41) is 0. The molecule has 1 aromatic heterocycles. The molecule has 5 heteroatoms. The van der Waals surface area contributed by atoms with Crippen LogP contribution >= 0.6 is 0 Å². The highest BCUT2D eigenvalue weighted by molar-refractivity contribution is 5.06. The Morgan fingerprint density at radius 3 is 2.56 bits per heavy atom. The number of rotatable bonds is 6. The highest BCUT2D eigenvalue weighted by Crippen LogP contribution is 2.24. The summed E-state index contributed by atoms with van der Waals surface area (Å²) in [6.45, 7) is 3.09. The molecule has 0 radical (unpaired) electrons. The Balaban J connectivity index is 2.85. The van der Waals surface area contributed by atoms with Crippen LogP contribution in [-0.4, -0.2) is 22.0 Å². The first-order valence-electron chi connectivity index (χ1n) is 5.62. The fourth-order valence-corrected chi connectivity index (χ4v) is 1.82. The molecule has 0 aliphatic rings. The third-order valence-electron chi connectivity index (χ3n) is 2.85. The van der Waals surface area contributed by atoms with Crippen molar-refractivity contribution in [3.63, 3.8) is 0 Å². The average molecular weight is 231 g/mol. The predicted molar refractivity (Wildman–Crippen MR) is 59.6 cm³/mol. The molecule has 0 saturated carbocycles. The van der Waals surface area contributed by atoms with Crippen LogP contribution in [-0.2, 0) is 6.54 Å². The van der Waals surface area contributed by atoms with Gasteiger partial charge in [-0.05, 0) is 12.8 Å². The van der Waals surface area contributed by atoms with E-state index in [2.05, 4.69) is 4.98 Å². The van der Waals surface area contributed by atoms with Gasteiger partial charge >= 0.3 is 0 Å². The van der Waals surface area contributed by atoms with Crippen LogP contribution in [0, 0.1) is 0 Å². The average Bonchev–Trinajstić information content (AvgIpc) is 2.68. The molecule has 0 aliphatic heterocycles. The molecule has 0 fully saturated rings. The number of hydrogen-bond donors (Lipinski definition) is 1. The summed E-state index contributed by atoms with van der Waals surface area (Å²) < 4.78 is 27.9. The standard InChI is InChI=1S/C11H19F2N3/c1-3-9(4-2)10-5-15-8-16(10)7-11(12,13)6-14/h5,8-9H,3-4,6-7,14H2,1-2H3. The number of nitrogens with zero attached hydrogens (tertiary/aromatic N) is 2. The molecule has 0 amide bonds. The summed E-state index contributed by atoms with van der Waals surface area (Å²) in [6.07, 6.45) is 4.98. The molecular formula is C11H19F2N3. The second-order valence-corrected chi connectivity index (χ2v) is 4.02. The highest BCUT2D eigenvalue weighted by Gasteiger charge is 2.28. The lowest BCUT2D eigenvalue weighted by atomic mass is 10.00. The first kappa shape index (κ1) is 13.1. The lowest BCUT2D eigenvalue weighted by Gasteiger charge is -2.19. The Morgan fingerprint density at radius 2 is 2.06 bits per heavy atom. The topological polar surface area (TPSA) is 43.8 Å². The van der Waals surface area contributed by atoms with E-state index in [1.165, 1.54) is 10.9 Å². The van der Waals surface area contributed by atoms with Gasteiger partial charge in [0, 0.05) is 17.8 Å². The van der Waals surface area contributed by atoms with Crippen LogP contribution in [0.5, 0.6) is 0 Å². The zero-order chi connectivity index (χ0) is 12.2. The van der Waals surface area contributed by atoms with Crippen LogP contribution in [0.2, 0.25) is 0 Å². The summed E-state index contributed by atoms with van der Waals surface area (Å²) in [6, 6.07) is 0. The first-order chi connectivity index (χ1) is 7.54. The number of aromatic nitrogens is 2. The van der Waals surface area contributed by atoms with Crippen molar-refractivity contribution in [2.75, 3.05) is 6.54 Å². The fraction of sp³-hybridized carbons (Fsp3) is 0.727. The predicted octanol–water partition coefficient (Wildman–Crippen LogP) is 2.38. The number of halogens is 2. The van der Waals surface area contributed by atoms with Gasteiger partial charge < -0.3 is 10.3 Å². The van der Waals surface area contributed by atoms with Gasteiger partial charge in [0.2, 0.25) is 0 Å². The quantitative estimate of drug-likeness (QED) is 0.817. The maximum Gasteiger partial charge on any atom is 0.277 e. The van der Waals surface area contributed by atoms with Crippen molar-refractivity contribution < 1.29 is 8.78 Å². The molecule has 16 heavy (non-hydrogen) atoms. The Morgan fingerprint density at radius 1 is 1.44 bits per heavy atom. The van der Waals surface area contributed by atoms with Gasteiger partial charge in [0.25, 0.3) is 5.92 Å². The molecule has 0 saturated heterocycles. The Labute approximate surface area is 94.7 Å². The van der Waals surface area contributed by atoms with Gasteiger partial charge in [-0.1, -0.05) is 13.8 Å². The minimum atomic E-state index is -2.86. The third kappa shape index (κ3) is 3.01. The maximum absolute atomic E-state index is 13.2. The fourth-order valence-electron chi connectivity index (χ4n) is 1.82. The molecule has 1 rings (SSSR count). The molecule has 2 N–H and O–H groups in total. The summed E-state index contributed by atoms with van der Waals surface area (Å²) in [4.78, 5) is 3.95. The smallest absolute Gasteiger partial charge is 0.277 e. The summed E-state index contributed by atoms with van der Waals surface area (Å²) in [7, 11) is 0. The molecule has 0 aromatic carbocycles. The van der Waals surface area contributed by atoms with Crippen LogP contribution in [0.15, 0.2) is 12.5 Å². The van der Waals surface area contributed by atoms with Gasteiger partial charge in [-0.3, -0.25) is 0 Å². The van der Waals surface area contributed by atoms with Gasteiger partial charge in [0.1, 0.15) is 0 Å². The Kier molecular flexibility index (Phi) is 4.41. The zero-order valence-electron chi connectivity index (χ0n) is 9.79. The van der Waals surface area contributed by atoms with Crippen LogP contribution in [0.1, 0.15) is 38.3 Å². The molecule has 1 aromatic rings. The van der Waals surface area contributed by atoms with Crippen molar-refractivity contribution in [1.29, 1.82) is 0 Å². The van der Waals surface area contributed by atoms with E-state index in [0.717, 1.165) is 18.5 Å². The van der Waals surface area contributed by atoms with E-state index in [9.17, 15) is 8.78 Å². The Bertz CT molecular complexity index is 319. The lowest BCUT2D eigenvalue weighted by Crippen LogP contribution is -2.33. The number of imidazole rings is 1. The van der Waals surface area contributed by atoms with Crippen LogP contribution < -0.4 is 5.73 Å². The van der Waals surface area contributed by atoms with Gasteiger partial charge in [0.15, 0.2) is 0 Å². The molecule has 3 nitrogen and oxygen atoms in total. The van der Waals surface area contributed by atoms with Crippen LogP contribution in [0.25, 0.3) is 0 Å². The number of alkyl halides is 2. The summed E-state index contributed by atoms with van der Waals surface area (Å²) in [5.41, 5.74) is 5.90. The normalized spacial score (nSPS) is 12.4. The zero-order valence-corrected chi connectivity index (χ0v) is 9.79. The second kappa shape index (κ2) is 5.39. The van der Waals surface area contributed by atoms with E-state index in [0.29, 0.717) is 0 Å². The third-order valence-corrected chi connectivity index (χ3v) is 2.85. The SMILES string of the molecule is CCC(CC)c1cncn1CC(F)(F)CN. The van der Waals surface area contributed by atoms with Crippen molar-refractivity contribution in [3.8, 4) is 0 Å². The number of hydrogen-bond acceptors (Lipinski definition) is 2. The molecule has 0 unspecified atom stereocenters. The van der Waals surface area contributed by atoms with E-state index >= 15 is 0 Å². The molecule has 92 valence electrons. The lowest BCUT2D eigenvalue weighted by molar-refractivity contribution is -0.00754. The van der Waals surface area contributed by atoms with Gasteiger partial charge in [0.05, 0.1) is 19.4 Å². The van der Waals surface area contributed by atoms with E-state index in [-0.39, 0.29) is 12.5 Å². The largest absolute Gasteiger partial charge is 0.328 e. The maximum atomic E-state index is 13.2. The molecule has 0 spiro atoms. The molecule has 0 bridgehead atoms. The van der Waals surface area contributed by atoms with Crippen LogP contribution in [0.3, 0.4) is 0 Å². The van der Waals surface area contributed by atoms with Gasteiger partial charge in [-0.25, -0.2) is 13.8 Å². The van der Waals surface area contributed by atoms with Crippen molar-refractivity contribution in [2.45, 2.75) is 45.1 Å². The number of nitrogens with two attached hydrogens (primary N) is 1. The van der Waals surface area contributed by atoms with Gasteiger partial charge in [-0.15, -0.1) is 0 Å². The highest BCUT2D eigenvalue weighted by atomic mass is 19.3. The van der Waals surface area contributed by atoms with Gasteiger partial charge in [-0.2, -0.15) is 0 Å². The van der Waals surface area contributed by atoms with Crippen molar-refractivity contribution >= 4 is 0 Å². The second-order valence-electron chi connectivity index (χ2n) is 4.02.